The molecule has 1 aromatic heterocycles. The molecular formula is C17H16BrNO2P2S. The number of aromatic nitrogens is 1. The van der Waals surface area contributed by atoms with Crippen LogP contribution in [0.5, 0.6) is 11.6 Å². The monoisotopic (exact) mass is 439 g/mol. The average molecular weight is 440 g/mol. The number of halogens is 1. The fourth-order valence-electron chi connectivity index (χ4n) is 2.11. The molecule has 0 saturated carbocycles. The van der Waals surface area contributed by atoms with Crippen molar-refractivity contribution >= 4 is 44.9 Å². The predicted molar refractivity (Wildman–Crippen MR) is 110 cm³/mol. The van der Waals surface area contributed by atoms with Crippen LogP contribution >= 0.6 is 44.9 Å². The van der Waals surface area contributed by atoms with Gasteiger partial charge in [0.2, 0.25) is 5.88 Å². The fourth-order valence-corrected chi connectivity index (χ4v) is 3.81. The minimum Gasteiger partial charge on any atom is -0.489 e. The summed E-state index contributed by atoms with van der Waals surface area (Å²) in [6.45, 7) is 0.565. The third-order valence-corrected chi connectivity index (χ3v) is 5.52. The maximum Gasteiger partial charge on any atom is 0.228 e. The van der Waals surface area contributed by atoms with Crippen LogP contribution < -0.4 is 9.26 Å². The Kier molecular flexibility index (Phi) is 6.62. The van der Waals surface area contributed by atoms with Crippen molar-refractivity contribution in [3.63, 3.8) is 0 Å². The summed E-state index contributed by atoms with van der Waals surface area (Å²) in [6.07, 6.45) is 0. The Hall–Kier alpha value is -0.990. The molecule has 0 aliphatic carbocycles. The van der Waals surface area contributed by atoms with E-state index in [2.05, 4.69) is 53.5 Å². The first kappa shape index (κ1) is 17.8. The zero-order valence-electron chi connectivity index (χ0n) is 12.7. The van der Waals surface area contributed by atoms with Crippen LogP contribution in [0.1, 0.15) is 11.1 Å². The van der Waals surface area contributed by atoms with Crippen LogP contribution in [-0.2, 0) is 11.9 Å². The number of hydrogen-bond acceptors (Lipinski definition) is 4. The minimum atomic E-state index is 0.327. The first-order valence-electron chi connectivity index (χ1n) is 7.24. The molecule has 0 N–H and O–H groups in total. The normalized spacial score (nSPS) is 11.1. The molecule has 0 amide bonds. The number of ether oxygens (including phenoxy) is 1. The number of nitrogens with zero attached hydrogens (tertiary/aromatic N) is 1. The molecule has 0 aliphatic rings. The zero-order valence-corrected chi connectivity index (χ0v) is 17.3. The quantitative estimate of drug-likeness (QED) is 0.331. The van der Waals surface area contributed by atoms with Crippen LogP contribution in [0.15, 0.2) is 54.6 Å². The van der Waals surface area contributed by atoms with E-state index in [9.17, 15) is 0 Å². The van der Waals surface area contributed by atoms with E-state index < -0.39 is 0 Å². The van der Waals surface area contributed by atoms with Gasteiger partial charge in [0, 0.05) is 11.4 Å². The van der Waals surface area contributed by atoms with Crippen molar-refractivity contribution in [3.8, 4) is 22.1 Å². The number of benzene rings is 2. The molecule has 7 heteroatoms. The van der Waals surface area contributed by atoms with Crippen LogP contribution in [0.25, 0.3) is 10.4 Å². The lowest BCUT2D eigenvalue weighted by atomic mass is 10.1. The van der Waals surface area contributed by atoms with Crippen LogP contribution in [0.2, 0.25) is 0 Å². The Morgan fingerprint density at radius 2 is 1.75 bits per heavy atom. The first-order chi connectivity index (χ1) is 11.8. The van der Waals surface area contributed by atoms with Crippen molar-refractivity contribution in [3.05, 3.63) is 65.7 Å². The van der Waals surface area contributed by atoms with Gasteiger partial charge in [-0.2, -0.15) is 4.37 Å². The van der Waals surface area contributed by atoms with E-state index in [1.54, 1.807) is 0 Å². The number of hydrogen-bond donors (Lipinski definition) is 0. The van der Waals surface area contributed by atoms with Gasteiger partial charge in [-0.25, -0.2) is 0 Å². The highest BCUT2D eigenvalue weighted by atomic mass is 79.9. The molecule has 3 nitrogen and oxygen atoms in total. The molecule has 2 unspecified atom stereocenters. The Labute approximate surface area is 158 Å². The molecule has 2 aromatic carbocycles. The van der Waals surface area contributed by atoms with Crippen LogP contribution in [-0.4, -0.2) is 4.37 Å². The molecule has 2 atom stereocenters. The van der Waals surface area contributed by atoms with Crippen molar-refractivity contribution in [2.45, 2.75) is 11.9 Å². The van der Waals surface area contributed by atoms with Gasteiger partial charge in [-0.05, 0) is 52.5 Å². The van der Waals surface area contributed by atoms with Gasteiger partial charge in [0.25, 0.3) is 0 Å². The van der Waals surface area contributed by atoms with Crippen LogP contribution in [0.4, 0.5) is 0 Å². The molecule has 0 spiro atoms. The second-order valence-corrected chi connectivity index (χ2v) is 7.53. The van der Waals surface area contributed by atoms with Crippen molar-refractivity contribution in [2.24, 2.45) is 0 Å². The maximum atomic E-state index is 5.85. The SMILES string of the molecule is PPOc1cc(-c2ccc(OCc3ccc(CBr)cc3)cc2)sn1. The summed E-state index contributed by atoms with van der Waals surface area (Å²) in [5.74, 6) is 1.53. The summed E-state index contributed by atoms with van der Waals surface area (Å²) >= 11 is 4.89. The summed E-state index contributed by atoms with van der Waals surface area (Å²) in [7, 11) is 2.88. The van der Waals surface area contributed by atoms with E-state index in [0.29, 0.717) is 21.0 Å². The van der Waals surface area contributed by atoms with Crippen molar-refractivity contribution in [1.29, 1.82) is 0 Å². The Morgan fingerprint density at radius 3 is 2.42 bits per heavy atom. The fraction of sp³-hybridized carbons (Fsp3) is 0.118. The smallest absolute Gasteiger partial charge is 0.228 e. The van der Waals surface area contributed by atoms with Gasteiger partial charge in [-0.15, -0.1) is 0 Å². The van der Waals surface area contributed by atoms with Gasteiger partial charge in [0.1, 0.15) is 12.4 Å². The van der Waals surface area contributed by atoms with E-state index in [-0.39, 0.29) is 0 Å². The van der Waals surface area contributed by atoms with Gasteiger partial charge in [-0.1, -0.05) is 49.1 Å². The molecule has 0 radical (unpaired) electrons. The van der Waals surface area contributed by atoms with E-state index in [1.807, 2.05) is 30.3 Å². The second kappa shape index (κ2) is 8.92. The third-order valence-electron chi connectivity index (χ3n) is 3.37. The zero-order chi connectivity index (χ0) is 16.8. The molecule has 0 saturated heterocycles. The Balaban J connectivity index is 1.61. The van der Waals surface area contributed by atoms with E-state index in [1.165, 1.54) is 17.1 Å². The molecule has 24 heavy (non-hydrogen) atoms. The molecule has 3 aromatic rings. The first-order valence-corrected chi connectivity index (χ1v) is 11.9. The molecule has 3 rings (SSSR count). The average Bonchev–Trinajstić information content (AvgIpc) is 3.10. The lowest BCUT2D eigenvalue weighted by molar-refractivity contribution is 0.306. The summed E-state index contributed by atoms with van der Waals surface area (Å²) < 4.78 is 15.5. The van der Waals surface area contributed by atoms with Crippen LogP contribution in [0.3, 0.4) is 0 Å². The van der Waals surface area contributed by atoms with Gasteiger partial charge in [-0.3, -0.25) is 0 Å². The molecular weight excluding hydrogens is 424 g/mol. The highest BCUT2D eigenvalue weighted by Gasteiger charge is 2.05. The summed E-state index contributed by atoms with van der Waals surface area (Å²) in [5.41, 5.74) is 3.54. The maximum absolute atomic E-state index is 5.85. The third kappa shape index (κ3) is 4.77. The van der Waals surface area contributed by atoms with Crippen molar-refractivity contribution in [1.82, 2.24) is 4.37 Å². The van der Waals surface area contributed by atoms with Gasteiger partial charge in [0.15, 0.2) is 0 Å². The standard InChI is InChI=1S/C17H16BrNO2P2S/c18-10-12-1-3-13(4-2-12)11-20-15-7-5-14(6-8-15)16-9-17(19-24-16)21-23-22/h1-9,23H,10-11,22H2. The molecule has 0 bridgehead atoms. The van der Waals surface area contributed by atoms with Gasteiger partial charge >= 0.3 is 0 Å². The summed E-state index contributed by atoms with van der Waals surface area (Å²) in [6, 6.07) is 18.4. The van der Waals surface area contributed by atoms with E-state index in [4.69, 9.17) is 9.26 Å². The largest absolute Gasteiger partial charge is 0.489 e. The topological polar surface area (TPSA) is 31.4 Å². The number of rotatable bonds is 7. The lowest BCUT2D eigenvalue weighted by Crippen LogP contribution is -1.95. The minimum absolute atomic E-state index is 0.327. The van der Waals surface area contributed by atoms with E-state index in [0.717, 1.165) is 27.1 Å². The predicted octanol–water partition coefficient (Wildman–Crippen LogP) is 6.05. The lowest BCUT2D eigenvalue weighted by Gasteiger charge is -2.07. The second-order valence-electron chi connectivity index (χ2n) is 5.01. The molecule has 0 aliphatic heterocycles. The number of alkyl halides is 1. The van der Waals surface area contributed by atoms with E-state index >= 15 is 0 Å². The van der Waals surface area contributed by atoms with Crippen molar-refractivity contribution < 1.29 is 9.26 Å². The van der Waals surface area contributed by atoms with Crippen LogP contribution in [0, 0.1) is 0 Å². The molecule has 0 fully saturated rings. The Morgan fingerprint density at radius 1 is 1.04 bits per heavy atom. The highest BCUT2D eigenvalue weighted by molar-refractivity contribution is 9.08. The Bertz CT molecular complexity index is 778. The highest BCUT2D eigenvalue weighted by Crippen LogP contribution is 2.33. The summed E-state index contributed by atoms with van der Waals surface area (Å²) in [5, 5.41) is 0.872. The molecule has 124 valence electrons. The van der Waals surface area contributed by atoms with Gasteiger partial charge in [0.05, 0.1) is 13.4 Å². The summed E-state index contributed by atoms with van der Waals surface area (Å²) in [4.78, 5) is 1.09. The van der Waals surface area contributed by atoms with Crippen molar-refractivity contribution in [2.75, 3.05) is 0 Å². The molecule has 1 heterocycles. The van der Waals surface area contributed by atoms with Gasteiger partial charge < -0.3 is 9.26 Å².